The quantitative estimate of drug-likeness (QED) is 0.400. The Morgan fingerprint density at radius 1 is 1.05 bits per heavy atom. The van der Waals surface area contributed by atoms with Gasteiger partial charge in [0.15, 0.2) is 0 Å². The average Bonchev–Trinajstić information content (AvgIpc) is 3.47. The predicted octanol–water partition coefficient (Wildman–Crippen LogP) is 3.59. The molecule has 1 aromatic carbocycles. The molecule has 14 heteroatoms. The first-order valence-corrected chi connectivity index (χ1v) is 14.5. The summed E-state index contributed by atoms with van der Waals surface area (Å²) in [5.74, 6) is -3.12. The average molecular weight is 626 g/mol. The first kappa shape index (κ1) is 34.7. The van der Waals surface area contributed by atoms with Crippen LogP contribution >= 0.6 is 0 Å². The number of halogens is 4. The Kier molecular flexibility index (Phi) is 11.3. The van der Waals surface area contributed by atoms with Crippen LogP contribution in [0.1, 0.15) is 72.3 Å². The van der Waals surface area contributed by atoms with Gasteiger partial charge in [0.05, 0.1) is 16.8 Å². The molecule has 3 N–H and O–H groups in total. The lowest BCUT2D eigenvalue weighted by Crippen LogP contribution is -2.61. The summed E-state index contributed by atoms with van der Waals surface area (Å²) in [6.07, 6.45) is -0.938. The monoisotopic (exact) mass is 625 g/mol. The Morgan fingerprint density at radius 3 is 2.16 bits per heavy atom. The standard InChI is InChI=1S/C28H38FN5O3.C2HF3O2/c1-18(2)17-30-28(9-5-6-10-28)27(37)34-13-11-33(12-14-34)26(36)22-15-21(7-8-23(22)29)16-24-19(3)20(4)25(35)32-31-24;3-2(4,5)1(6)7/h7-8,15,18,30H,5-6,9-14,16-17H2,1-4H3,(H,32,35);(H,6,7). The van der Waals surface area contributed by atoms with Gasteiger partial charge in [0.2, 0.25) is 5.91 Å². The third-order valence-corrected chi connectivity index (χ3v) is 8.07. The maximum absolute atomic E-state index is 14.7. The number of nitrogens with one attached hydrogen (secondary N) is 2. The maximum Gasteiger partial charge on any atom is 0.490 e. The number of carbonyl (C=O) groups excluding carboxylic acids is 2. The van der Waals surface area contributed by atoms with Crippen LogP contribution in [-0.4, -0.2) is 87.3 Å². The molecular weight excluding hydrogens is 586 g/mol. The van der Waals surface area contributed by atoms with Gasteiger partial charge in [0.1, 0.15) is 5.82 Å². The smallest absolute Gasteiger partial charge is 0.475 e. The highest BCUT2D eigenvalue weighted by atomic mass is 19.4. The van der Waals surface area contributed by atoms with E-state index in [2.05, 4.69) is 29.4 Å². The van der Waals surface area contributed by atoms with E-state index in [0.717, 1.165) is 43.4 Å². The van der Waals surface area contributed by atoms with E-state index in [0.29, 0.717) is 49.8 Å². The van der Waals surface area contributed by atoms with Gasteiger partial charge in [0, 0.05) is 38.2 Å². The molecule has 0 bridgehead atoms. The van der Waals surface area contributed by atoms with Crippen LogP contribution in [0.25, 0.3) is 0 Å². The van der Waals surface area contributed by atoms with Gasteiger partial charge in [-0.2, -0.15) is 18.3 Å². The van der Waals surface area contributed by atoms with Crippen molar-refractivity contribution in [3.05, 3.63) is 62.3 Å². The number of aliphatic carboxylic acids is 1. The molecule has 1 aliphatic carbocycles. The molecule has 10 nitrogen and oxygen atoms in total. The number of piperazine rings is 1. The molecular formula is C30H39F4N5O5. The van der Waals surface area contributed by atoms with Crippen molar-refractivity contribution in [2.45, 2.75) is 71.5 Å². The van der Waals surface area contributed by atoms with Crippen molar-refractivity contribution in [3.63, 3.8) is 0 Å². The molecule has 0 unspecified atom stereocenters. The summed E-state index contributed by atoms with van der Waals surface area (Å²) in [6, 6.07) is 4.51. The molecule has 0 radical (unpaired) electrons. The van der Waals surface area contributed by atoms with E-state index in [1.54, 1.807) is 24.0 Å². The minimum Gasteiger partial charge on any atom is -0.475 e. The van der Waals surface area contributed by atoms with Crippen molar-refractivity contribution in [2.24, 2.45) is 5.92 Å². The molecule has 0 spiro atoms. The Hall–Kier alpha value is -3.81. The van der Waals surface area contributed by atoms with Gasteiger partial charge in [-0.3, -0.25) is 14.4 Å². The van der Waals surface area contributed by atoms with E-state index in [4.69, 9.17) is 9.90 Å². The normalized spacial score (nSPS) is 16.5. The van der Waals surface area contributed by atoms with Gasteiger partial charge in [-0.1, -0.05) is 32.8 Å². The number of benzene rings is 1. The fourth-order valence-corrected chi connectivity index (χ4v) is 5.31. The number of alkyl halides is 3. The Balaban J connectivity index is 0.000000676. The summed E-state index contributed by atoms with van der Waals surface area (Å²) in [5.41, 5.74) is 2.08. The summed E-state index contributed by atoms with van der Waals surface area (Å²) >= 11 is 0. The van der Waals surface area contributed by atoms with Crippen molar-refractivity contribution < 1.29 is 37.1 Å². The number of carboxylic acids is 1. The van der Waals surface area contributed by atoms with Gasteiger partial charge in [-0.25, -0.2) is 14.3 Å². The minimum absolute atomic E-state index is 0.0157. The number of H-pyrrole nitrogens is 1. The fourth-order valence-electron chi connectivity index (χ4n) is 5.31. The highest BCUT2D eigenvalue weighted by Gasteiger charge is 2.44. The lowest BCUT2D eigenvalue weighted by atomic mass is 9.94. The number of amides is 2. The molecule has 1 aromatic heterocycles. The minimum atomic E-state index is -5.08. The van der Waals surface area contributed by atoms with Crippen molar-refractivity contribution in [2.75, 3.05) is 32.7 Å². The predicted molar refractivity (Wildman–Crippen MR) is 154 cm³/mol. The molecule has 2 aliphatic rings. The van der Waals surface area contributed by atoms with Gasteiger partial charge in [0.25, 0.3) is 11.5 Å². The van der Waals surface area contributed by atoms with E-state index in [9.17, 15) is 31.9 Å². The summed E-state index contributed by atoms with van der Waals surface area (Å²) in [6.45, 7) is 10.3. The molecule has 1 saturated carbocycles. The van der Waals surface area contributed by atoms with E-state index >= 15 is 0 Å². The number of carbonyl (C=O) groups is 3. The number of carboxylic acid groups (broad SMARTS) is 1. The summed E-state index contributed by atoms with van der Waals surface area (Å²) in [5, 5.41) is 17.3. The number of hydrogen-bond donors (Lipinski definition) is 3. The molecule has 2 aromatic rings. The number of hydrogen-bond acceptors (Lipinski definition) is 6. The van der Waals surface area contributed by atoms with Crippen LogP contribution in [0.2, 0.25) is 0 Å². The summed E-state index contributed by atoms with van der Waals surface area (Å²) in [4.78, 5) is 50.9. The van der Waals surface area contributed by atoms with Crippen LogP contribution in [0.3, 0.4) is 0 Å². The van der Waals surface area contributed by atoms with E-state index in [1.165, 1.54) is 6.07 Å². The van der Waals surface area contributed by atoms with E-state index in [1.807, 2.05) is 11.8 Å². The second-order valence-electron chi connectivity index (χ2n) is 11.7. The summed E-state index contributed by atoms with van der Waals surface area (Å²) in [7, 11) is 0. The summed E-state index contributed by atoms with van der Waals surface area (Å²) < 4.78 is 46.5. The van der Waals surface area contributed by atoms with Gasteiger partial charge in [-0.05, 0) is 62.4 Å². The zero-order chi connectivity index (χ0) is 32.8. The maximum atomic E-state index is 14.7. The van der Waals surface area contributed by atoms with Gasteiger partial charge < -0.3 is 20.2 Å². The lowest BCUT2D eigenvalue weighted by Gasteiger charge is -2.40. The van der Waals surface area contributed by atoms with E-state index < -0.39 is 23.5 Å². The molecule has 2 amide bonds. The van der Waals surface area contributed by atoms with E-state index in [-0.39, 0.29) is 22.9 Å². The van der Waals surface area contributed by atoms with Crippen molar-refractivity contribution in [3.8, 4) is 0 Å². The number of rotatable bonds is 7. The lowest BCUT2D eigenvalue weighted by molar-refractivity contribution is -0.192. The van der Waals surface area contributed by atoms with Crippen molar-refractivity contribution in [1.29, 1.82) is 0 Å². The molecule has 1 saturated heterocycles. The first-order valence-electron chi connectivity index (χ1n) is 14.5. The highest BCUT2D eigenvalue weighted by Crippen LogP contribution is 2.32. The van der Waals surface area contributed by atoms with Crippen molar-refractivity contribution >= 4 is 17.8 Å². The molecule has 4 rings (SSSR count). The topological polar surface area (TPSA) is 136 Å². The Morgan fingerprint density at radius 2 is 1.61 bits per heavy atom. The van der Waals surface area contributed by atoms with Crippen LogP contribution in [0.15, 0.2) is 23.0 Å². The third kappa shape index (κ3) is 8.42. The number of nitrogens with zero attached hydrogens (tertiary/aromatic N) is 3. The van der Waals surface area contributed by atoms with Crippen molar-refractivity contribution in [1.82, 2.24) is 25.3 Å². The van der Waals surface area contributed by atoms with Crippen LogP contribution < -0.4 is 10.9 Å². The zero-order valence-corrected chi connectivity index (χ0v) is 25.3. The van der Waals surface area contributed by atoms with Gasteiger partial charge >= 0.3 is 12.1 Å². The molecule has 242 valence electrons. The second-order valence-corrected chi connectivity index (χ2v) is 11.7. The highest BCUT2D eigenvalue weighted by molar-refractivity contribution is 5.95. The fraction of sp³-hybridized carbons (Fsp3) is 0.567. The Bertz CT molecular complexity index is 1410. The molecule has 0 atom stereocenters. The number of aromatic amines is 1. The van der Waals surface area contributed by atoms with Crippen LogP contribution in [0.5, 0.6) is 0 Å². The third-order valence-electron chi connectivity index (χ3n) is 8.07. The largest absolute Gasteiger partial charge is 0.490 e. The van der Waals surface area contributed by atoms with Crippen LogP contribution in [0, 0.1) is 25.6 Å². The van der Waals surface area contributed by atoms with Gasteiger partial charge in [-0.15, -0.1) is 0 Å². The zero-order valence-electron chi connectivity index (χ0n) is 25.3. The van der Waals surface area contributed by atoms with Crippen LogP contribution in [-0.2, 0) is 16.0 Å². The molecule has 44 heavy (non-hydrogen) atoms. The Labute approximate surface area is 252 Å². The second kappa shape index (κ2) is 14.3. The molecule has 2 fully saturated rings. The number of aromatic nitrogens is 2. The molecule has 2 heterocycles. The SMILES string of the molecule is Cc1c(Cc2ccc(F)c(C(=O)N3CCN(C(=O)C4(NCC(C)C)CCCC4)CC3)c2)n[nH]c(=O)c1C.O=C(O)C(F)(F)F. The molecule has 1 aliphatic heterocycles. The van der Waals surface area contributed by atoms with Crippen LogP contribution in [0.4, 0.5) is 17.6 Å². The first-order chi connectivity index (χ1) is 20.6.